The van der Waals surface area contributed by atoms with Crippen LogP contribution in [0.3, 0.4) is 0 Å². The highest BCUT2D eigenvalue weighted by atomic mass is 35.5. The van der Waals surface area contributed by atoms with Crippen LogP contribution in [-0.2, 0) is 15.3 Å². The van der Waals surface area contributed by atoms with Gasteiger partial charge in [-0.25, -0.2) is 0 Å². The molecule has 1 aromatic heterocycles. The molecular weight excluding hydrogens is 452 g/mol. The first-order valence-electron chi connectivity index (χ1n) is 9.81. The molecule has 1 N–H and O–H groups in total. The number of nitrogens with one attached hydrogen (secondary N) is 1. The zero-order chi connectivity index (χ0) is 21.8. The molecule has 0 radical (unpaired) electrons. The standard InChI is InChI=1S/C22H21ClN4O2S2/c1-14-4-2-3-5-18(14)27-11-16(10-20(27)29)21-25-26-22(31-21)24-19(28)13-30-12-15-6-8-17(23)9-7-15/h2-9,16H,10-13H2,1H3,(H,24,26,28). The number of hydrogen-bond acceptors (Lipinski definition) is 6. The first-order valence-corrected chi connectivity index (χ1v) is 12.2. The van der Waals surface area contributed by atoms with E-state index in [2.05, 4.69) is 15.5 Å². The minimum absolute atomic E-state index is 0.0189. The minimum Gasteiger partial charge on any atom is -0.311 e. The molecule has 6 nitrogen and oxygen atoms in total. The van der Waals surface area contributed by atoms with Crippen molar-refractivity contribution < 1.29 is 9.59 Å². The summed E-state index contributed by atoms with van der Waals surface area (Å²) in [5, 5.41) is 13.1. The van der Waals surface area contributed by atoms with Gasteiger partial charge in [0.2, 0.25) is 16.9 Å². The van der Waals surface area contributed by atoms with Crippen molar-refractivity contribution in [2.75, 3.05) is 22.5 Å². The summed E-state index contributed by atoms with van der Waals surface area (Å²) in [5.74, 6) is 0.990. The van der Waals surface area contributed by atoms with Crippen molar-refractivity contribution in [3.8, 4) is 0 Å². The van der Waals surface area contributed by atoms with E-state index < -0.39 is 0 Å². The number of carbonyl (C=O) groups is 2. The number of amides is 2. The average Bonchev–Trinajstić information content (AvgIpc) is 3.36. The second kappa shape index (κ2) is 9.80. The second-order valence-corrected chi connectivity index (χ2v) is 9.74. The van der Waals surface area contributed by atoms with E-state index in [1.807, 2.05) is 60.4 Å². The highest BCUT2D eigenvalue weighted by Crippen LogP contribution is 2.35. The molecule has 9 heteroatoms. The number of para-hydroxylation sites is 1. The molecule has 160 valence electrons. The number of benzene rings is 2. The van der Waals surface area contributed by atoms with Gasteiger partial charge in [0.15, 0.2) is 0 Å². The fraction of sp³-hybridized carbons (Fsp3) is 0.273. The largest absolute Gasteiger partial charge is 0.311 e. The molecule has 1 aliphatic heterocycles. The van der Waals surface area contributed by atoms with Crippen molar-refractivity contribution in [2.45, 2.75) is 25.0 Å². The fourth-order valence-corrected chi connectivity index (χ4v) is 5.18. The van der Waals surface area contributed by atoms with Crippen LogP contribution in [0.4, 0.5) is 10.8 Å². The third kappa shape index (κ3) is 5.44. The maximum atomic E-state index is 12.6. The molecule has 2 heterocycles. The Morgan fingerprint density at radius 2 is 2.00 bits per heavy atom. The van der Waals surface area contributed by atoms with E-state index in [9.17, 15) is 9.59 Å². The first-order chi connectivity index (χ1) is 15.0. The predicted molar refractivity (Wildman–Crippen MR) is 127 cm³/mol. The summed E-state index contributed by atoms with van der Waals surface area (Å²) < 4.78 is 0. The van der Waals surface area contributed by atoms with Crippen LogP contribution in [0, 0.1) is 6.92 Å². The number of aryl methyl sites for hydroxylation is 1. The van der Waals surface area contributed by atoms with Crippen LogP contribution in [0.1, 0.15) is 28.5 Å². The van der Waals surface area contributed by atoms with Crippen molar-refractivity contribution in [3.63, 3.8) is 0 Å². The van der Waals surface area contributed by atoms with Gasteiger partial charge in [0.05, 0.1) is 5.75 Å². The molecule has 2 amide bonds. The van der Waals surface area contributed by atoms with E-state index in [0.29, 0.717) is 28.9 Å². The summed E-state index contributed by atoms with van der Waals surface area (Å²) in [7, 11) is 0. The topological polar surface area (TPSA) is 75.2 Å². The molecule has 1 fully saturated rings. The Bertz CT molecular complexity index is 1090. The Kier molecular flexibility index (Phi) is 6.89. The molecule has 0 spiro atoms. The van der Waals surface area contributed by atoms with E-state index in [1.165, 1.54) is 23.1 Å². The van der Waals surface area contributed by atoms with Gasteiger partial charge in [0, 0.05) is 35.3 Å². The highest BCUT2D eigenvalue weighted by molar-refractivity contribution is 7.99. The van der Waals surface area contributed by atoms with Crippen molar-refractivity contribution in [1.82, 2.24) is 10.2 Å². The number of carbonyl (C=O) groups excluding carboxylic acids is 2. The van der Waals surface area contributed by atoms with Gasteiger partial charge in [0.1, 0.15) is 5.01 Å². The highest BCUT2D eigenvalue weighted by Gasteiger charge is 2.34. The SMILES string of the molecule is Cc1ccccc1N1CC(c2nnc(NC(=O)CSCc3ccc(Cl)cc3)s2)CC1=O. The van der Waals surface area contributed by atoms with E-state index in [-0.39, 0.29) is 17.7 Å². The van der Waals surface area contributed by atoms with E-state index >= 15 is 0 Å². The molecule has 0 saturated carbocycles. The van der Waals surface area contributed by atoms with Gasteiger partial charge in [-0.15, -0.1) is 22.0 Å². The first kappa shape index (κ1) is 21.8. The summed E-state index contributed by atoms with van der Waals surface area (Å²) >= 11 is 8.74. The van der Waals surface area contributed by atoms with Gasteiger partial charge in [-0.2, -0.15) is 0 Å². The fourth-order valence-electron chi connectivity index (χ4n) is 3.42. The summed E-state index contributed by atoms with van der Waals surface area (Å²) in [6, 6.07) is 15.4. The quantitative estimate of drug-likeness (QED) is 0.529. The van der Waals surface area contributed by atoms with E-state index in [4.69, 9.17) is 11.6 Å². The van der Waals surface area contributed by atoms with Crippen molar-refractivity contribution in [3.05, 3.63) is 69.7 Å². The van der Waals surface area contributed by atoms with Crippen LogP contribution >= 0.6 is 34.7 Å². The summed E-state index contributed by atoms with van der Waals surface area (Å²) in [4.78, 5) is 26.6. The van der Waals surface area contributed by atoms with Crippen LogP contribution in [0.2, 0.25) is 5.02 Å². The lowest BCUT2D eigenvalue weighted by atomic mass is 10.1. The normalized spacial score (nSPS) is 16.0. The number of nitrogens with zero attached hydrogens (tertiary/aromatic N) is 3. The molecule has 4 rings (SSSR count). The lowest BCUT2D eigenvalue weighted by molar-refractivity contribution is -0.117. The number of halogens is 1. The Labute approximate surface area is 194 Å². The second-order valence-electron chi connectivity index (χ2n) is 7.30. The van der Waals surface area contributed by atoms with Gasteiger partial charge in [0.25, 0.3) is 0 Å². The zero-order valence-electron chi connectivity index (χ0n) is 16.9. The van der Waals surface area contributed by atoms with Crippen molar-refractivity contribution in [2.24, 2.45) is 0 Å². The molecule has 1 atom stereocenters. The maximum absolute atomic E-state index is 12.6. The monoisotopic (exact) mass is 472 g/mol. The lowest BCUT2D eigenvalue weighted by Gasteiger charge is -2.18. The zero-order valence-corrected chi connectivity index (χ0v) is 19.3. The smallest absolute Gasteiger partial charge is 0.236 e. The number of rotatable bonds is 7. The molecule has 1 unspecified atom stereocenters. The number of anilines is 2. The third-order valence-electron chi connectivity index (χ3n) is 4.98. The summed E-state index contributed by atoms with van der Waals surface area (Å²) in [6.45, 7) is 2.57. The van der Waals surface area contributed by atoms with Gasteiger partial charge < -0.3 is 4.90 Å². The van der Waals surface area contributed by atoms with Crippen LogP contribution < -0.4 is 10.2 Å². The summed E-state index contributed by atoms with van der Waals surface area (Å²) in [6.07, 6.45) is 0.397. The molecule has 2 aromatic carbocycles. The average molecular weight is 473 g/mol. The van der Waals surface area contributed by atoms with Gasteiger partial charge >= 0.3 is 0 Å². The third-order valence-corrected chi connectivity index (χ3v) is 7.24. The molecule has 0 aliphatic carbocycles. The Morgan fingerprint density at radius 3 is 2.77 bits per heavy atom. The van der Waals surface area contributed by atoms with Crippen LogP contribution in [0.5, 0.6) is 0 Å². The van der Waals surface area contributed by atoms with Gasteiger partial charge in [-0.1, -0.05) is 53.3 Å². The van der Waals surface area contributed by atoms with E-state index in [1.54, 1.807) is 0 Å². The van der Waals surface area contributed by atoms with Crippen LogP contribution in [-0.4, -0.2) is 34.3 Å². The van der Waals surface area contributed by atoms with E-state index in [0.717, 1.165) is 27.6 Å². The van der Waals surface area contributed by atoms with Gasteiger partial charge in [-0.3, -0.25) is 14.9 Å². The molecule has 1 saturated heterocycles. The molecule has 3 aromatic rings. The number of thioether (sulfide) groups is 1. The molecule has 1 aliphatic rings. The van der Waals surface area contributed by atoms with Gasteiger partial charge in [-0.05, 0) is 36.2 Å². The minimum atomic E-state index is -0.120. The molecule has 0 bridgehead atoms. The predicted octanol–water partition coefficient (Wildman–Crippen LogP) is 4.89. The number of aromatic nitrogens is 2. The maximum Gasteiger partial charge on any atom is 0.236 e. The van der Waals surface area contributed by atoms with Crippen molar-refractivity contribution in [1.29, 1.82) is 0 Å². The number of hydrogen-bond donors (Lipinski definition) is 1. The Morgan fingerprint density at radius 1 is 1.23 bits per heavy atom. The van der Waals surface area contributed by atoms with Crippen LogP contribution in [0.25, 0.3) is 0 Å². The lowest BCUT2D eigenvalue weighted by Crippen LogP contribution is -2.25. The summed E-state index contributed by atoms with van der Waals surface area (Å²) in [5.41, 5.74) is 3.12. The molecular formula is C22H21ClN4O2S2. The van der Waals surface area contributed by atoms with Crippen molar-refractivity contribution >= 4 is 57.3 Å². The Balaban J connectivity index is 1.30. The van der Waals surface area contributed by atoms with Crippen LogP contribution in [0.15, 0.2) is 48.5 Å². The molecule has 31 heavy (non-hydrogen) atoms. The Hall–Kier alpha value is -2.42.